The van der Waals surface area contributed by atoms with Crippen LogP contribution in [-0.4, -0.2) is 39.6 Å². The van der Waals surface area contributed by atoms with Crippen molar-refractivity contribution in [1.82, 2.24) is 0 Å². The van der Waals surface area contributed by atoms with Gasteiger partial charge in [-0.3, -0.25) is 0 Å². The highest BCUT2D eigenvalue weighted by atomic mass is 16.6. The van der Waals surface area contributed by atoms with Crippen LogP contribution in [0.4, 0.5) is 0 Å². The van der Waals surface area contributed by atoms with Gasteiger partial charge in [0.25, 0.3) is 0 Å². The van der Waals surface area contributed by atoms with Crippen molar-refractivity contribution in [3.05, 3.63) is 24.3 Å². The third kappa shape index (κ3) is 8.25. The number of hydrogen-bond donors (Lipinski definition) is 0. The maximum atomic E-state index is 5.85. The summed E-state index contributed by atoms with van der Waals surface area (Å²) < 4.78 is 22.5. The minimum Gasteiger partial charge on any atom is -0.497 e. The van der Waals surface area contributed by atoms with E-state index in [1.165, 1.54) is 0 Å². The average Bonchev–Trinajstić information content (AvgIpc) is 2.56. The van der Waals surface area contributed by atoms with Crippen LogP contribution in [0.5, 0.6) is 11.5 Å². The third-order valence-corrected chi connectivity index (χ3v) is 3.29. The average molecular weight is 310 g/mol. The molecule has 0 aliphatic heterocycles. The van der Waals surface area contributed by atoms with Crippen LogP contribution in [0.2, 0.25) is 0 Å². The van der Waals surface area contributed by atoms with Crippen molar-refractivity contribution in [2.45, 2.75) is 45.6 Å². The van der Waals surface area contributed by atoms with E-state index >= 15 is 0 Å². The van der Waals surface area contributed by atoms with Gasteiger partial charge in [-0.05, 0) is 37.1 Å². The molecule has 0 aliphatic rings. The van der Waals surface area contributed by atoms with E-state index < -0.39 is 0 Å². The first kappa shape index (κ1) is 18.8. The van der Waals surface area contributed by atoms with Crippen LogP contribution in [-0.2, 0) is 9.47 Å². The van der Waals surface area contributed by atoms with Crippen molar-refractivity contribution in [1.29, 1.82) is 0 Å². The van der Waals surface area contributed by atoms with E-state index in [1.807, 2.05) is 24.3 Å². The lowest BCUT2D eigenvalue weighted by Crippen LogP contribution is -2.28. The quantitative estimate of drug-likeness (QED) is 0.515. The van der Waals surface area contributed by atoms with Crippen molar-refractivity contribution in [2.75, 3.05) is 33.5 Å². The van der Waals surface area contributed by atoms with Crippen LogP contribution in [0.25, 0.3) is 0 Å². The minimum absolute atomic E-state index is 0.0227. The maximum Gasteiger partial charge on any atom is 0.119 e. The Bertz CT molecular complexity index is 364. The first-order chi connectivity index (χ1) is 10.8. The van der Waals surface area contributed by atoms with Gasteiger partial charge in [0.15, 0.2) is 0 Å². The molecule has 0 N–H and O–H groups in total. The fraction of sp³-hybridized carbons (Fsp3) is 0.667. The molecule has 0 aromatic heterocycles. The summed E-state index contributed by atoms with van der Waals surface area (Å²) >= 11 is 0. The molecule has 0 saturated carbocycles. The summed E-state index contributed by atoms with van der Waals surface area (Å²) in [5.41, 5.74) is 0. The Hall–Kier alpha value is -1.26. The lowest BCUT2D eigenvalue weighted by atomic mass is 10.3. The highest BCUT2D eigenvalue weighted by Crippen LogP contribution is 2.17. The van der Waals surface area contributed by atoms with Crippen molar-refractivity contribution in [3.63, 3.8) is 0 Å². The monoisotopic (exact) mass is 310 g/mol. The molecule has 4 nitrogen and oxygen atoms in total. The van der Waals surface area contributed by atoms with Crippen LogP contribution in [0, 0.1) is 0 Å². The van der Waals surface area contributed by atoms with E-state index in [0.29, 0.717) is 13.2 Å². The maximum absolute atomic E-state index is 5.85. The van der Waals surface area contributed by atoms with Crippen molar-refractivity contribution < 1.29 is 18.9 Å². The van der Waals surface area contributed by atoms with Crippen LogP contribution in [0.15, 0.2) is 24.3 Å². The van der Waals surface area contributed by atoms with E-state index in [-0.39, 0.29) is 6.10 Å². The summed E-state index contributed by atoms with van der Waals surface area (Å²) in [6.45, 7) is 6.94. The Balaban J connectivity index is 2.36. The van der Waals surface area contributed by atoms with Gasteiger partial charge in [0, 0.05) is 13.2 Å². The SMILES string of the molecule is CCCCOCC(COc1ccc(OC)cc1)OCCCC. The number of ether oxygens (including phenoxy) is 4. The number of rotatable bonds is 13. The van der Waals surface area contributed by atoms with E-state index in [2.05, 4.69) is 13.8 Å². The predicted octanol–water partition coefficient (Wildman–Crippen LogP) is 4.08. The molecule has 126 valence electrons. The van der Waals surface area contributed by atoms with Gasteiger partial charge in [0.1, 0.15) is 24.2 Å². The lowest BCUT2D eigenvalue weighted by molar-refractivity contribution is -0.0384. The molecule has 0 fully saturated rings. The van der Waals surface area contributed by atoms with Gasteiger partial charge in [-0.1, -0.05) is 26.7 Å². The zero-order valence-corrected chi connectivity index (χ0v) is 14.2. The van der Waals surface area contributed by atoms with Gasteiger partial charge >= 0.3 is 0 Å². The Morgan fingerprint density at radius 1 is 0.864 bits per heavy atom. The second-order valence-corrected chi connectivity index (χ2v) is 5.26. The zero-order valence-electron chi connectivity index (χ0n) is 14.2. The molecule has 0 heterocycles. The van der Waals surface area contributed by atoms with Gasteiger partial charge in [0.05, 0.1) is 13.7 Å². The molecule has 22 heavy (non-hydrogen) atoms. The van der Waals surface area contributed by atoms with Crippen LogP contribution in [0.1, 0.15) is 39.5 Å². The van der Waals surface area contributed by atoms with E-state index in [1.54, 1.807) is 7.11 Å². The Labute approximate surface area is 134 Å². The molecule has 0 saturated heterocycles. The van der Waals surface area contributed by atoms with E-state index in [4.69, 9.17) is 18.9 Å². The molecule has 0 aliphatic carbocycles. The number of methoxy groups -OCH3 is 1. The number of benzene rings is 1. The second kappa shape index (κ2) is 12.3. The molecule has 1 rings (SSSR count). The van der Waals surface area contributed by atoms with E-state index in [9.17, 15) is 0 Å². The summed E-state index contributed by atoms with van der Waals surface area (Å²) in [5.74, 6) is 1.64. The molecule has 0 radical (unpaired) electrons. The summed E-state index contributed by atoms with van der Waals surface area (Å²) in [5, 5.41) is 0. The highest BCUT2D eigenvalue weighted by Gasteiger charge is 2.11. The van der Waals surface area contributed by atoms with Gasteiger partial charge in [-0.25, -0.2) is 0 Å². The Morgan fingerprint density at radius 3 is 2.14 bits per heavy atom. The fourth-order valence-corrected chi connectivity index (χ4v) is 1.86. The van der Waals surface area contributed by atoms with Gasteiger partial charge < -0.3 is 18.9 Å². The second-order valence-electron chi connectivity index (χ2n) is 5.26. The van der Waals surface area contributed by atoms with Crippen LogP contribution < -0.4 is 9.47 Å². The summed E-state index contributed by atoms with van der Waals surface area (Å²) in [4.78, 5) is 0. The highest BCUT2D eigenvalue weighted by molar-refractivity contribution is 5.31. The summed E-state index contributed by atoms with van der Waals surface area (Å²) in [6, 6.07) is 7.58. The topological polar surface area (TPSA) is 36.9 Å². The summed E-state index contributed by atoms with van der Waals surface area (Å²) in [7, 11) is 1.65. The molecule has 1 unspecified atom stereocenters. The number of unbranched alkanes of at least 4 members (excludes halogenated alkanes) is 2. The first-order valence-electron chi connectivity index (χ1n) is 8.26. The molecule has 4 heteroatoms. The van der Waals surface area contributed by atoms with Crippen molar-refractivity contribution in [3.8, 4) is 11.5 Å². The normalized spacial score (nSPS) is 12.1. The van der Waals surface area contributed by atoms with Crippen molar-refractivity contribution >= 4 is 0 Å². The first-order valence-corrected chi connectivity index (χ1v) is 8.26. The molecular formula is C18H30O4. The zero-order chi connectivity index (χ0) is 16.0. The van der Waals surface area contributed by atoms with E-state index in [0.717, 1.165) is 50.4 Å². The minimum atomic E-state index is -0.0227. The molecule has 1 aromatic rings. The number of hydrogen-bond acceptors (Lipinski definition) is 4. The largest absolute Gasteiger partial charge is 0.497 e. The van der Waals surface area contributed by atoms with Crippen LogP contribution in [0.3, 0.4) is 0 Å². The molecule has 1 atom stereocenters. The lowest BCUT2D eigenvalue weighted by Gasteiger charge is -2.19. The fourth-order valence-electron chi connectivity index (χ4n) is 1.86. The molecule has 0 spiro atoms. The smallest absolute Gasteiger partial charge is 0.119 e. The standard InChI is InChI=1S/C18H30O4/c1-4-6-12-20-14-18(21-13-7-5-2)15-22-17-10-8-16(19-3)9-11-17/h8-11,18H,4-7,12-15H2,1-3H3. The van der Waals surface area contributed by atoms with Gasteiger partial charge in [-0.2, -0.15) is 0 Å². The van der Waals surface area contributed by atoms with Crippen LogP contribution >= 0.6 is 0 Å². The molecule has 1 aromatic carbocycles. The van der Waals surface area contributed by atoms with Gasteiger partial charge in [-0.15, -0.1) is 0 Å². The Morgan fingerprint density at radius 2 is 1.50 bits per heavy atom. The molecule has 0 amide bonds. The predicted molar refractivity (Wildman–Crippen MR) is 88.9 cm³/mol. The van der Waals surface area contributed by atoms with Crippen molar-refractivity contribution in [2.24, 2.45) is 0 Å². The molecular weight excluding hydrogens is 280 g/mol. The third-order valence-electron chi connectivity index (χ3n) is 3.29. The molecule has 0 bridgehead atoms. The summed E-state index contributed by atoms with van der Waals surface area (Å²) in [6.07, 6.45) is 4.40. The van der Waals surface area contributed by atoms with Gasteiger partial charge in [0.2, 0.25) is 0 Å². The Kier molecular flexibility index (Phi) is 10.5.